The SMILES string of the molecule is CC1(C(=O)Nc2ncnc3[nH]ncc23)CC2c3ccccc3C1c1ccccc12. The van der Waals surface area contributed by atoms with Crippen LogP contribution in [0.25, 0.3) is 11.0 Å². The van der Waals surface area contributed by atoms with Crippen molar-refractivity contribution in [2.24, 2.45) is 5.41 Å². The van der Waals surface area contributed by atoms with Crippen LogP contribution < -0.4 is 5.32 Å². The van der Waals surface area contributed by atoms with Crippen molar-refractivity contribution in [2.75, 3.05) is 5.32 Å². The lowest BCUT2D eigenvalue weighted by Gasteiger charge is -2.50. The molecule has 7 rings (SSSR count). The van der Waals surface area contributed by atoms with Gasteiger partial charge in [-0.05, 0) is 35.6 Å². The van der Waals surface area contributed by atoms with Gasteiger partial charge in [-0.1, -0.05) is 48.5 Å². The second-order valence-electron chi connectivity index (χ2n) is 8.17. The highest BCUT2D eigenvalue weighted by atomic mass is 16.2. The summed E-state index contributed by atoms with van der Waals surface area (Å²) in [5, 5.41) is 10.6. The zero-order valence-corrected chi connectivity index (χ0v) is 15.9. The second-order valence-corrected chi connectivity index (χ2v) is 8.17. The van der Waals surface area contributed by atoms with Crippen molar-refractivity contribution in [2.45, 2.75) is 25.2 Å². The van der Waals surface area contributed by atoms with E-state index in [2.05, 4.69) is 80.9 Å². The van der Waals surface area contributed by atoms with Gasteiger partial charge in [-0.25, -0.2) is 9.97 Å². The molecule has 0 saturated carbocycles. The van der Waals surface area contributed by atoms with E-state index in [1.165, 1.54) is 28.6 Å². The number of aromatic amines is 1. The summed E-state index contributed by atoms with van der Waals surface area (Å²) in [6, 6.07) is 17.1. The van der Waals surface area contributed by atoms with Crippen LogP contribution in [0, 0.1) is 5.41 Å². The molecule has 0 aliphatic heterocycles. The van der Waals surface area contributed by atoms with Crippen LogP contribution in [0.4, 0.5) is 5.82 Å². The van der Waals surface area contributed by atoms with E-state index in [-0.39, 0.29) is 17.7 Å². The number of rotatable bonds is 2. The van der Waals surface area contributed by atoms with Gasteiger partial charge in [0.15, 0.2) is 5.65 Å². The van der Waals surface area contributed by atoms with Gasteiger partial charge in [0.25, 0.3) is 0 Å². The quantitative estimate of drug-likeness (QED) is 0.550. The summed E-state index contributed by atoms with van der Waals surface area (Å²) < 4.78 is 0. The van der Waals surface area contributed by atoms with Gasteiger partial charge >= 0.3 is 0 Å². The average Bonchev–Trinajstić information content (AvgIpc) is 3.24. The Morgan fingerprint density at radius 2 is 1.69 bits per heavy atom. The van der Waals surface area contributed by atoms with Crippen molar-refractivity contribution in [3.8, 4) is 0 Å². The van der Waals surface area contributed by atoms with Crippen molar-refractivity contribution >= 4 is 22.8 Å². The van der Waals surface area contributed by atoms with Gasteiger partial charge in [0, 0.05) is 11.8 Å². The molecule has 0 spiro atoms. The lowest BCUT2D eigenvalue weighted by Crippen LogP contribution is -2.47. The minimum atomic E-state index is -0.575. The maximum Gasteiger partial charge on any atom is 0.232 e. The van der Waals surface area contributed by atoms with Gasteiger partial charge in [0.2, 0.25) is 5.91 Å². The molecule has 2 aromatic carbocycles. The van der Waals surface area contributed by atoms with E-state index < -0.39 is 5.41 Å². The molecule has 3 aliphatic rings. The fourth-order valence-corrected chi connectivity index (χ4v) is 5.30. The molecule has 29 heavy (non-hydrogen) atoms. The van der Waals surface area contributed by atoms with Crippen LogP contribution in [-0.2, 0) is 4.79 Å². The van der Waals surface area contributed by atoms with Gasteiger partial charge in [-0.2, -0.15) is 5.10 Å². The lowest BCUT2D eigenvalue weighted by molar-refractivity contribution is -0.126. The Hall–Kier alpha value is -3.54. The van der Waals surface area contributed by atoms with Crippen molar-refractivity contribution < 1.29 is 4.79 Å². The third-order valence-electron chi connectivity index (χ3n) is 6.63. The summed E-state index contributed by atoms with van der Waals surface area (Å²) in [6.07, 6.45) is 3.86. The molecule has 4 aromatic rings. The normalized spacial score (nSPS) is 24.2. The molecule has 0 saturated heterocycles. The molecule has 6 heteroatoms. The van der Waals surface area contributed by atoms with Crippen LogP contribution in [0.15, 0.2) is 61.1 Å². The number of carbonyl (C=O) groups excluding carboxylic acids is 1. The van der Waals surface area contributed by atoms with Gasteiger partial charge in [-0.15, -0.1) is 0 Å². The van der Waals surface area contributed by atoms with Crippen LogP contribution in [0.3, 0.4) is 0 Å². The Bertz CT molecular complexity index is 1230. The first-order valence-electron chi connectivity index (χ1n) is 9.80. The van der Waals surface area contributed by atoms with E-state index in [0.29, 0.717) is 16.9 Å². The lowest BCUT2D eigenvalue weighted by atomic mass is 9.52. The number of benzene rings is 2. The van der Waals surface area contributed by atoms with Crippen LogP contribution in [-0.4, -0.2) is 26.1 Å². The highest BCUT2D eigenvalue weighted by molar-refractivity contribution is 6.01. The zero-order chi connectivity index (χ0) is 19.6. The van der Waals surface area contributed by atoms with Gasteiger partial charge < -0.3 is 5.32 Å². The molecule has 2 bridgehead atoms. The fraction of sp³-hybridized carbons (Fsp3) is 0.217. The summed E-state index contributed by atoms with van der Waals surface area (Å²) in [5.41, 5.74) is 5.25. The second kappa shape index (κ2) is 5.73. The molecule has 1 amide bonds. The smallest absolute Gasteiger partial charge is 0.232 e. The van der Waals surface area contributed by atoms with Crippen molar-refractivity contribution in [3.63, 3.8) is 0 Å². The summed E-state index contributed by atoms with van der Waals surface area (Å²) in [4.78, 5) is 22.1. The number of aromatic nitrogens is 4. The third-order valence-corrected chi connectivity index (χ3v) is 6.63. The highest BCUT2D eigenvalue weighted by Crippen LogP contribution is 2.61. The predicted octanol–water partition coefficient (Wildman–Crippen LogP) is 3.98. The van der Waals surface area contributed by atoms with Crippen LogP contribution >= 0.6 is 0 Å². The van der Waals surface area contributed by atoms with Crippen molar-refractivity contribution in [3.05, 3.63) is 83.3 Å². The zero-order valence-electron chi connectivity index (χ0n) is 15.9. The molecule has 2 N–H and O–H groups in total. The molecule has 142 valence electrons. The Morgan fingerprint density at radius 1 is 1.03 bits per heavy atom. The first-order valence-corrected chi connectivity index (χ1v) is 9.80. The molecule has 6 nitrogen and oxygen atoms in total. The monoisotopic (exact) mass is 381 g/mol. The van der Waals surface area contributed by atoms with Gasteiger partial charge in [0.05, 0.1) is 17.0 Å². The molecule has 1 atom stereocenters. The van der Waals surface area contributed by atoms with E-state index in [4.69, 9.17) is 0 Å². The van der Waals surface area contributed by atoms with Crippen molar-refractivity contribution in [1.29, 1.82) is 0 Å². The first-order chi connectivity index (χ1) is 14.2. The van der Waals surface area contributed by atoms with Crippen LogP contribution in [0.5, 0.6) is 0 Å². The number of fused-ring (bicyclic) bond motifs is 2. The number of nitrogens with zero attached hydrogens (tertiary/aromatic N) is 3. The topological polar surface area (TPSA) is 83.6 Å². The molecule has 0 fully saturated rings. The van der Waals surface area contributed by atoms with Crippen LogP contribution in [0.1, 0.15) is 47.4 Å². The minimum absolute atomic E-state index is 0.0153. The molecule has 2 heterocycles. The third kappa shape index (κ3) is 2.17. The minimum Gasteiger partial charge on any atom is -0.309 e. The first kappa shape index (κ1) is 16.4. The molecular weight excluding hydrogens is 362 g/mol. The Morgan fingerprint density at radius 3 is 2.38 bits per heavy atom. The summed E-state index contributed by atoms with van der Waals surface area (Å²) >= 11 is 0. The standard InChI is InChI=1S/C23H19N5O/c1-23(22(29)27-20-18-11-26-28-21(18)25-12-24-20)10-17-13-6-2-4-8-15(13)19(23)16-9-5-3-7-14(16)17/h2-9,11-12,17,19H,10H2,1H3,(H2,24,25,26,27,28,29). The van der Waals surface area contributed by atoms with Crippen molar-refractivity contribution in [1.82, 2.24) is 20.2 Å². The molecule has 2 aromatic heterocycles. The van der Waals surface area contributed by atoms with E-state index in [9.17, 15) is 4.79 Å². The van der Waals surface area contributed by atoms with Gasteiger partial charge in [0.1, 0.15) is 12.1 Å². The number of H-pyrrole nitrogens is 1. The number of carbonyl (C=O) groups is 1. The van der Waals surface area contributed by atoms with E-state index in [1.54, 1.807) is 6.20 Å². The number of hydrogen-bond acceptors (Lipinski definition) is 4. The Labute approximate surface area is 167 Å². The fourth-order valence-electron chi connectivity index (χ4n) is 5.30. The predicted molar refractivity (Wildman–Crippen MR) is 110 cm³/mol. The number of amides is 1. The van der Waals surface area contributed by atoms with Gasteiger partial charge in [-0.3, -0.25) is 9.89 Å². The summed E-state index contributed by atoms with van der Waals surface area (Å²) in [6.45, 7) is 2.08. The van der Waals surface area contributed by atoms with E-state index in [0.717, 1.165) is 6.42 Å². The number of anilines is 1. The summed E-state index contributed by atoms with van der Waals surface area (Å²) in [7, 11) is 0. The maximum atomic E-state index is 13.7. The number of nitrogens with one attached hydrogen (secondary N) is 2. The molecular formula is C23H19N5O. The van der Waals surface area contributed by atoms with Crippen LogP contribution in [0.2, 0.25) is 0 Å². The Kier molecular flexibility index (Phi) is 3.25. The average molecular weight is 381 g/mol. The number of hydrogen-bond donors (Lipinski definition) is 2. The highest BCUT2D eigenvalue weighted by Gasteiger charge is 2.53. The van der Waals surface area contributed by atoms with E-state index in [1.807, 2.05) is 0 Å². The summed E-state index contributed by atoms with van der Waals surface area (Å²) in [5.74, 6) is 0.722. The maximum absolute atomic E-state index is 13.7. The molecule has 3 aliphatic carbocycles. The largest absolute Gasteiger partial charge is 0.309 e. The molecule has 0 radical (unpaired) electrons. The molecule has 1 unspecified atom stereocenters. The Balaban J connectivity index is 1.47. The van der Waals surface area contributed by atoms with E-state index >= 15 is 0 Å².